The second-order valence-electron chi connectivity index (χ2n) is 6.91. The predicted octanol–water partition coefficient (Wildman–Crippen LogP) is 1.20. The fraction of sp³-hybridized carbons (Fsp3) is 0.526. The van der Waals surface area contributed by atoms with E-state index in [1.54, 1.807) is 57.0 Å². The monoisotopic (exact) mass is 381 g/mol. The van der Waals surface area contributed by atoms with E-state index in [0.29, 0.717) is 18.4 Å². The molecule has 1 aromatic rings. The van der Waals surface area contributed by atoms with Gasteiger partial charge in [-0.1, -0.05) is 6.07 Å². The van der Waals surface area contributed by atoms with E-state index in [-0.39, 0.29) is 6.61 Å². The van der Waals surface area contributed by atoms with Crippen LogP contribution in [0.1, 0.15) is 31.1 Å². The number of ether oxygens (including phenoxy) is 3. The average Bonchev–Trinajstić information content (AvgIpc) is 2.62. The molecule has 1 aromatic carbocycles. The molecule has 0 bridgehead atoms. The summed E-state index contributed by atoms with van der Waals surface area (Å²) >= 11 is 0. The first kappa shape index (κ1) is 22.6. The van der Waals surface area contributed by atoms with Gasteiger partial charge in [-0.05, 0) is 39.0 Å². The largest absolute Gasteiger partial charge is 0.465 e. The topological polar surface area (TPSA) is 102 Å². The minimum absolute atomic E-state index is 0.0716. The maximum Gasteiger partial charge on any atom is 0.338 e. The third-order valence-corrected chi connectivity index (χ3v) is 3.54. The van der Waals surface area contributed by atoms with Crippen molar-refractivity contribution in [2.45, 2.75) is 38.6 Å². The quantitative estimate of drug-likeness (QED) is 0.503. The van der Waals surface area contributed by atoms with Crippen molar-refractivity contribution in [1.29, 1.82) is 0 Å². The first-order chi connectivity index (χ1) is 12.6. The van der Waals surface area contributed by atoms with Crippen molar-refractivity contribution < 1.29 is 33.7 Å². The van der Waals surface area contributed by atoms with Crippen LogP contribution in [-0.2, 0) is 23.8 Å². The highest BCUT2D eigenvalue weighted by Crippen LogP contribution is 2.16. The summed E-state index contributed by atoms with van der Waals surface area (Å²) in [6.45, 7) is 5.40. The Hall–Kier alpha value is -2.45. The van der Waals surface area contributed by atoms with Crippen molar-refractivity contribution in [3.8, 4) is 0 Å². The first-order valence-corrected chi connectivity index (χ1v) is 8.46. The molecular formula is C19H27NO7. The molecule has 0 saturated carbocycles. The molecule has 27 heavy (non-hydrogen) atoms. The zero-order chi connectivity index (χ0) is 20.6. The predicted molar refractivity (Wildman–Crippen MR) is 98.7 cm³/mol. The lowest BCUT2D eigenvalue weighted by molar-refractivity contribution is -0.174. The Morgan fingerprint density at radius 3 is 2.52 bits per heavy atom. The second kappa shape index (κ2) is 10.0. The van der Waals surface area contributed by atoms with Gasteiger partial charge in [0, 0.05) is 19.3 Å². The minimum atomic E-state index is -1.70. The van der Waals surface area contributed by atoms with Gasteiger partial charge in [-0.15, -0.1) is 0 Å². The lowest BCUT2D eigenvalue weighted by atomic mass is 10.1. The summed E-state index contributed by atoms with van der Waals surface area (Å²) in [5.74, 6) is -1.36. The summed E-state index contributed by atoms with van der Waals surface area (Å²) in [5.41, 5.74) is 0.377. The molecule has 8 heteroatoms. The molecule has 0 spiro atoms. The molecule has 8 nitrogen and oxygen atoms in total. The van der Waals surface area contributed by atoms with Gasteiger partial charge in [0.25, 0.3) is 0 Å². The molecule has 1 N–H and O–H groups in total. The van der Waals surface area contributed by atoms with Crippen molar-refractivity contribution in [2.24, 2.45) is 0 Å². The van der Waals surface area contributed by atoms with E-state index >= 15 is 0 Å². The number of carbonyl (C=O) groups excluding carboxylic acids is 3. The second-order valence-corrected chi connectivity index (χ2v) is 6.91. The number of anilines is 1. The number of methoxy groups -OCH3 is 1. The first-order valence-electron chi connectivity index (χ1n) is 8.46. The summed E-state index contributed by atoms with van der Waals surface area (Å²) < 4.78 is 15.1. The fourth-order valence-corrected chi connectivity index (χ4v) is 2.14. The third kappa shape index (κ3) is 7.36. The zero-order valence-corrected chi connectivity index (χ0v) is 16.3. The number of hydrogen-bond donors (Lipinski definition) is 1. The number of esters is 2. The highest BCUT2D eigenvalue weighted by atomic mass is 16.6. The van der Waals surface area contributed by atoms with Gasteiger partial charge in [0.05, 0.1) is 19.3 Å². The van der Waals surface area contributed by atoms with Crippen LogP contribution in [0.5, 0.6) is 0 Å². The number of benzene rings is 1. The van der Waals surface area contributed by atoms with Crippen molar-refractivity contribution >= 4 is 23.9 Å². The average molecular weight is 381 g/mol. The maximum atomic E-state index is 11.8. The summed E-state index contributed by atoms with van der Waals surface area (Å²) in [5, 5.41) is 9.95. The van der Waals surface area contributed by atoms with Gasteiger partial charge in [0.1, 0.15) is 11.7 Å². The van der Waals surface area contributed by atoms with E-state index < -0.39 is 29.7 Å². The van der Waals surface area contributed by atoms with Crippen LogP contribution in [0.2, 0.25) is 0 Å². The van der Waals surface area contributed by atoms with Crippen LogP contribution in [0.3, 0.4) is 0 Å². The van der Waals surface area contributed by atoms with Crippen LogP contribution in [-0.4, -0.2) is 68.4 Å². The van der Waals surface area contributed by atoms with E-state index in [1.165, 1.54) is 7.11 Å². The SMILES string of the molecule is COC(=O)c1cccc(N(C)CCOC(C=O)C(O)C(=O)OC(C)(C)C)c1. The number of aldehydes is 1. The molecule has 150 valence electrons. The highest BCUT2D eigenvalue weighted by Gasteiger charge is 2.31. The molecule has 0 aliphatic carbocycles. The highest BCUT2D eigenvalue weighted by molar-refractivity contribution is 5.90. The van der Waals surface area contributed by atoms with Crippen LogP contribution < -0.4 is 4.90 Å². The van der Waals surface area contributed by atoms with Crippen molar-refractivity contribution in [3.05, 3.63) is 29.8 Å². The Balaban J connectivity index is 2.60. The summed E-state index contributed by atoms with van der Waals surface area (Å²) in [6.07, 6.45) is -2.66. The number of likely N-dealkylation sites (N-methyl/N-ethyl adjacent to an activating group) is 1. The third-order valence-electron chi connectivity index (χ3n) is 3.54. The Bertz CT molecular complexity index is 654. The zero-order valence-electron chi connectivity index (χ0n) is 16.3. The smallest absolute Gasteiger partial charge is 0.338 e. The molecule has 0 amide bonds. The summed E-state index contributed by atoms with van der Waals surface area (Å²) in [6, 6.07) is 6.83. The lowest BCUT2D eigenvalue weighted by Gasteiger charge is -2.25. The molecule has 0 radical (unpaired) electrons. The molecule has 2 atom stereocenters. The Morgan fingerprint density at radius 1 is 1.30 bits per heavy atom. The van der Waals surface area contributed by atoms with Crippen LogP contribution >= 0.6 is 0 Å². The maximum absolute atomic E-state index is 11.8. The van der Waals surface area contributed by atoms with E-state index in [2.05, 4.69) is 4.74 Å². The number of rotatable bonds is 9. The Labute approximate surface area is 159 Å². The van der Waals surface area contributed by atoms with Gasteiger partial charge in [0.2, 0.25) is 0 Å². The molecule has 0 saturated heterocycles. The Morgan fingerprint density at radius 2 is 1.96 bits per heavy atom. The number of aliphatic hydroxyl groups excluding tert-OH is 1. The summed E-state index contributed by atoms with van der Waals surface area (Å²) in [4.78, 5) is 36.4. The summed E-state index contributed by atoms with van der Waals surface area (Å²) in [7, 11) is 3.09. The van der Waals surface area contributed by atoms with E-state index in [4.69, 9.17) is 9.47 Å². The Kier molecular flexibility index (Phi) is 8.39. The lowest BCUT2D eigenvalue weighted by Crippen LogP contribution is -2.42. The van der Waals surface area contributed by atoms with Crippen molar-refractivity contribution in [3.63, 3.8) is 0 Å². The molecule has 0 aliphatic rings. The molecular weight excluding hydrogens is 354 g/mol. The number of nitrogens with zero attached hydrogens (tertiary/aromatic N) is 1. The number of hydrogen-bond acceptors (Lipinski definition) is 8. The van der Waals surface area contributed by atoms with Crippen LogP contribution in [0, 0.1) is 0 Å². The fourth-order valence-electron chi connectivity index (χ4n) is 2.14. The van der Waals surface area contributed by atoms with E-state index in [0.717, 1.165) is 5.69 Å². The van der Waals surface area contributed by atoms with Crippen LogP contribution in [0.4, 0.5) is 5.69 Å². The number of carbonyl (C=O) groups is 3. The number of aliphatic hydroxyl groups is 1. The van der Waals surface area contributed by atoms with Gasteiger partial charge < -0.3 is 29.0 Å². The van der Waals surface area contributed by atoms with Gasteiger partial charge in [-0.2, -0.15) is 0 Å². The molecule has 1 rings (SSSR count). The van der Waals surface area contributed by atoms with Crippen LogP contribution in [0.25, 0.3) is 0 Å². The van der Waals surface area contributed by atoms with Gasteiger partial charge in [-0.25, -0.2) is 9.59 Å². The molecule has 0 fully saturated rings. The van der Waals surface area contributed by atoms with Gasteiger partial charge >= 0.3 is 11.9 Å². The normalized spacial score (nSPS) is 13.4. The molecule has 0 aliphatic heterocycles. The molecule has 0 aromatic heterocycles. The van der Waals surface area contributed by atoms with E-state index in [9.17, 15) is 19.5 Å². The minimum Gasteiger partial charge on any atom is -0.465 e. The van der Waals surface area contributed by atoms with Crippen LogP contribution in [0.15, 0.2) is 24.3 Å². The van der Waals surface area contributed by atoms with Crippen molar-refractivity contribution in [1.82, 2.24) is 0 Å². The molecule has 2 unspecified atom stereocenters. The standard InChI is InChI=1S/C19H27NO7/c1-19(2,3)27-18(24)16(22)15(12-21)26-10-9-20(4)14-8-6-7-13(11-14)17(23)25-5/h6-8,11-12,15-16,22H,9-10H2,1-5H3. The van der Waals surface area contributed by atoms with E-state index in [1.807, 2.05) is 0 Å². The van der Waals surface area contributed by atoms with Crippen molar-refractivity contribution in [2.75, 3.05) is 32.2 Å². The van der Waals surface area contributed by atoms with Gasteiger partial charge in [-0.3, -0.25) is 0 Å². The molecule has 0 heterocycles. The van der Waals surface area contributed by atoms with Gasteiger partial charge in [0.15, 0.2) is 12.4 Å².